The second kappa shape index (κ2) is 7.36. The Morgan fingerprint density at radius 3 is 2.56 bits per heavy atom. The number of rotatable bonds is 5. The highest BCUT2D eigenvalue weighted by molar-refractivity contribution is 6.14. The van der Waals surface area contributed by atoms with Gasteiger partial charge in [0.25, 0.3) is 0 Å². The number of aromatic nitrogens is 1. The van der Waals surface area contributed by atoms with Crippen molar-refractivity contribution in [1.29, 1.82) is 5.41 Å². The summed E-state index contributed by atoms with van der Waals surface area (Å²) in [4.78, 5) is 4.24. The van der Waals surface area contributed by atoms with Crippen LogP contribution in [0.2, 0.25) is 0 Å². The summed E-state index contributed by atoms with van der Waals surface area (Å²) in [6, 6.07) is 10.1. The molecular weight excluding hydrogens is 308 g/mol. The number of nitrogen functional groups attached to an aromatic ring is 1. The lowest BCUT2D eigenvalue weighted by atomic mass is 9.76. The largest absolute Gasteiger partial charge is 0.383 e. The first-order valence-corrected chi connectivity index (χ1v) is 9.09. The van der Waals surface area contributed by atoms with E-state index in [9.17, 15) is 0 Å². The molecule has 0 amide bonds. The van der Waals surface area contributed by atoms with Gasteiger partial charge in [-0.1, -0.05) is 36.8 Å². The molecule has 4 nitrogen and oxygen atoms in total. The number of nitrogens with two attached hydrogens (primary N) is 1. The third-order valence-electron chi connectivity index (χ3n) is 5.47. The van der Waals surface area contributed by atoms with E-state index in [0.717, 1.165) is 42.6 Å². The molecule has 0 saturated carbocycles. The highest BCUT2D eigenvalue weighted by Gasteiger charge is 2.27. The van der Waals surface area contributed by atoms with Crippen molar-refractivity contribution in [2.75, 3.05) is 18.8 Å². The Labute approximate surface area is 150 Å². The fourth-order valence-corrected chi connectivity index (χ4v) is 3.60. The zero-order valence-corrected chi connectivity index (χ0v) is 15.2. The average Bonchev–Trinajstić information content (AvgIpc) is 2.61. The second-order valence-corrected chi connectivity index (χ2v) is 7.53. The van der Waals surface area contributed by atoms with Crippen LogP contribution < -0.4 is 11.1 Å². The van der Waals surface area contributed by atoms with Gasteiger partial charge in [0, 0.05) is 17.3 Å². The highest BCUT2D eigenvalue weighted by atomic mass is 14.9. The molecule has 1 fully saturated rings. The number of pyridine rings is 1. The van der Waals surface area contributed by atoms with Crippen molar-refractivity contribution in [3.63, 3.8) is 0 Å². The van der Waals surface area contributed by atoms with Crippen molar-refractivity contribution >= 4 is 11.5 Å². The van der Waals surface area contributed by atoms with Crippen LogP contribution in [-0.4, -0.2) is 23.8 Å². The summed E-state index contributed by atoms with van der Waals surface area (Å²) >= 11 is 0. The third-order valence-corrected chi connectivity index (χ3v) is 5.47. The molecule has 1 aromatic carbocycles. The Morgan fingerprint density at radius 1 is 1.20 bits per heavy atom. The molecule has 0 aliphatic carbocycles. The maximum absolute atomic E-state index is 8.66. The molecule has 25 heavy (non-hydrogen) atoms. The van der Waals surface area contributed by atoms with Crippen molar-refractivity contribution in [2.24, 2.45) is 5.41 Å². The summed E-state index contributed by atoms with van der Waals surface area (Å²) in [6.45, 7) is 6.63. The number of nitrogens with one attached hydrogen (secondary N) is 2. The van der Waals surface area contributed by atoms with E-state index in [2.05, 4.69) is 24.1 Å². The van der Waals surface area contributed by atoms with Crippen LogP contribution in [-0.2, 0) is 6.42 Å². The zero-order valence-electron chi connectivity index (χ0n) is 15.2. The van der Waals surface area contributed by atoms with Gasteiger partial charge in [-0.05, 0) is 62.7 Å². The molecule has 3 rings (SSSR count). The van der Waals surface area contributed by atoms with Crippen molar-refractivity contribution in [1.82, 2.24) is 10.3 Å². The van der Waals surface area contributed by atoms with Crippen molar-refractivity contribution in [2.45, 2.75) is 39.5 Å². The molecule has 1 aromatic heterocycles. The van der Waals surface area contributed by atoms with Crippen molar-refractivity contribution in [3.05, 3.63) is 58.8 Å². The van der Waals surface area contributed by atoms with E-state index in [1.807, 2.05) is 30.3 Å². The maximum atomic E-state index is 8.66. The Bertz CT molecular complexity index is 743. The van der Waals surface area contributed by atoms with Crippen LogP contribution in [0.3, 0.4) is 0 Å². The van der Waals surface area contributed by atoms with Crippen LogP contribution in [0.15, 0.2) is 36.5 Å². The van der Waals surface area contributed by atoms with Gasteiger partial charge in [0.2, 0.25) is 0 Å². The molecular formula is C21H28N4. The van der Waals surface area contributed by atoms with Crippen LogP contribution in [0.5, 0.6) is 0 Å². The normalized spacial score (nSPS) is 16.6. The molecule has 0 atom stereocenters. The Hall–Kier alpha value is -2.20. The number of hydrogen-bond acceptors (Lipinski definition) is 4. The van der Waals surface area contributed by atoms with Gasteiger partial charge in [0.15, 0.2) is 0 Å². The molecule has 4 heteroatoms. The number of benzene rings is 1. The van der Waals surface area contributed by atoms with E-state index in [1.165, 1.54) is 18.4 Å². The van der Waals surface area contributed by atoms with Gasteiger partial charge in [-0.15, -0.1) is 0 Å². The lowest BCUT2D eigenvalue weighted by Gasteiger charge is -2.34. The van der Waals surface area contributed by atoms with E-state index in [4.69, 9.17) is 11.1 Å². The van der Waals surface area contributed by atoms with Crippen LogP contribution in [0.1, 0.15) is 48.4 Å². The number of hydrogen-bond donors (Lipinski definition) is 3. The molecule has 0 unspecified atom stereocenters. The topological polar surface area (TPSA) is 74.8 Å². The quantitative estimate of drug-likeness (QED) is 0.729. The predicted molar refractivity (Wildman–Crippen MR) is 104 cm³/mol. The van der Waals surface area contributed by atoms with Gasteiger partial charge in [-0.25, -0.2) is 4.98 Å². The van der Waals surface area contributed by atoms with Crippen LogP contribution >= 0.6 is 0 Å². The van der Waals surface area contributed by atoms with E-state index in [1.54, 1.807) is 6.20 Å². The number of aryl methyl sites for hydroxylation is 2. The van der Waals surface area contributed by atoms with E-state index in [-0.39, 0.29) is 0 Å². The van der Waals surface area contributed by atoms with Gasteiger partial charge in [-0.3, -0.25) is 5.41 Å². The smallest absolute Gasteiger partial charge is 0.133 e. The lowest BCUT2D eigenvalue weighted by Crippen LogP contribution is -2.35. The fraction of sp³-hybridized carbons (Fsp3) is 0.429. The van der Waals surface area contributed by atoms with E-state index in [0.29, 0.717) is 16.9 Å². The summed E-state index contributed by atoms with van der Waals surface area (Å²) in [5, 5.41) is 12.1. The van der Waals surface area contributed by atoms with Crippen LogP contribution in [0.4, 0.5) is 5.82 Å². The van der Waals surface area contributed by atoms with Crippen LogP contribution in [0.25, 0.3) is 0 Å². The number of nitrogens with zero attached hydrogens (tertiary/aromatic N) is 1. The van der Waals surface area contributed by atoms with Gasteiger partial charge in [-0.2, -0.15) is 0 Å². The lowest BCUT2D eigenvalue weighted by molar-refractivity contribution is 0.212. The monoisotopic (exact) mass is 336 g/mol. The first-order chi connectivity index (χ1) is 12.0. The maximum Gasteiger partial charge on any atom is 0.133 e. The first kappa shape index (κ1) is 17.6. The number of piperidine rings is 1. The summed E-state index contributed by atoms with van der Waals surface area (Å²) < 4.78 is 0. The fourth-order valence-electron chi connectivity index (χ4n) is 3.60. The molecule has 1 saturated heterocycles. The van der Waals surface area contributed by atoms with Gasteiger partial charge in [0.1, 0.15) is 5.82 Å². The molecule has 1 aliphatic rings. The van der Waals surface area contributed by atoms with E-state index < -0.39 is 0 Å². The molecule has 0 bridgehead atoms. The summed E-state index contributed by atoms with van der Waals surface area (Å²) in [5.74, 6) is 0.457. The first-order valence-electron chi connectivity index (χ1n) is 9.09. The predicted octanol–water partition coefficient (Wildman–Crippen LogP) is 3.71. The van der Waals surface area contributed by atoms with Crippen molar-refractivity contribution < 1.29 is 0 Å². The third kappa shape index (κ3) is 4.07. The highest BCUT2D eigenvalue weighted by Crippen LogP contribution is 2.34. The Balaban J connectivity index is 1.84. The standard InChI is InChI=1S/C21H28N4/c1-15-3-5-17(6-4-15)19(22)18-16(8-12-25-20(18)23)7-9-21(2)10-13-24-14-11-21/h3-6,8,12,22,24H,7,9-11,13-14H2,1-2H3,(H2,23,25). The average molecular weight is 336 g/mol. The molecule has 132 valence electrons. The summed E-state index contributed by atoms with van der Waals surface area (Å²) in [7, 11) is 0. The van der Waals surface area contributed by atoms with Crippen LogP contribution in [0, 0.1) is 17.7 Å². The van der Waals surface area contributed by atoms with Gasteiger partial charge in [0.05, 0.1) is 5.71 Å². The van der Waals surface area contributed by atoms with Gasteiger partial charge < -0.3 is 11.1 Å². The Kier molecular flexibility index (Phi) is 5.19. The van der Waals surface area contributed by atoms with E-state index >= 15 is 0 Å². The second-order valence-electron chi connectivity index (χ2n) is 7.53. The minimum atomic E-state index is 0.368. The summed E-state index contributed by atoms with van der Waals surface area (Å²) in [5.41, 5.74) is 11.0. The van der Waals surface area contributed by atoms with Crippen molar-refractivity contribution in [3.8, 4) is 0 Å². The minimum absolute atomic E-state index is 0.368. The number of anilines is 1. The molecule has 2 aromatic rings. The molecule has 4 N–H and O–H groups in total. The molecule has 2 heterocycles. The zero-order chi connectivity index (χ0) is 17.9. The molecule has 0 radical (unpaired) electrons. The SMILES string of the molecule is Cc1ccc(C(=N)c2c(CCC3(C)CCNCC3)ccnc2N)cc1. The molecule has 1 aliphatic heterocycles. The summed E-state index contributed by atoms with van der Waals surface area (Å²) in [6.07, 6.45) is 6.23. The van der Waals surface area contributed by atoms with Gasteiger partial charge >= 0.3 is 0 Å². The minimum Gasteiger partial charge on any atom is -0.383 e. The Morgan fingerprint density at radius 2 is 1.88 bits per heavy atom. The molecule has 0 spiro atoms.